The molecule has 1 aliphatic carbocycles. The van der Waals surface area contributed by atoms with Gasteiger partial charge in [0, 0.05) is 36.7 Å². The first kappa shape index (κ1) is 25.0. The number of aromatic nitrogens is 2. The fourth-order valence-electron chi connectivity index (χ4n) is 4.62. The molecule has 0 radical (unpaired) electrons. The molecular weight excluding hydrogens is 471 g/mol. The summed E-state index contributed by atoms with van der Waals surface area (Å²) in [7, 11) is -3.28. The summed E-state index contributed by atoms with van der Waals surface area (Å²) in [5.74, 6) is 0.150. The van der Waals surface area contributed by atoms with E-state index in [1.54, 1.807) is 30.3 Å². The number of anilines is 1. The topological polar surface area (TPSA) is 128 Å². The molecule has 1 aliphatic rings. The number of Topliss-reactive ketones (excluding diaryl/α,β-unsaturated/α-hetero) is 1. The van der Waals surface area contributed by atoms with Crippen LogP contribution in [0.4, 0.5) is 10.4 Å². The van der Waals surface area contributed by atoms with Crippen molar-refractivity contribution in [1.82, 2.24) is 10.1 Å². The van der Waals surface area contributed by atoms with E-state index >= 15 is 0 Å². The maximum absolute atomic E-state index is 13.9. The highest BCUT2D eigenvalue weighted by Gasteiger charge is 2.33. The fraction of sp³-hybridized carbons (Fsp3) is 0.400. The first-order chi connectivity index (χ1) is 16.7. The molecule has 3 N–H and O–H groups in total. The molecule has 8 nitrogen and oxygen atoms in total. The number of halogens is 1. The van der Waals surface area contributed by atoms with Crippen molar-refractivity contribution in [2.24, 2.45) is 17.6 Å². The Morgan fingerprint density at radius 3 is 2.66 bits per heavy atom. The van der Waals surface area contributed by atoms with E-state index in [2.05, 4.69) is 15.5 Å². The second-order valence-electron chi connectivity index (χ2n) is 9.12. The van der Waals surface area contributed by atoms with Crippen molar-refractivity contribution < 1.29 is 22.1 Å². The number of hydrogen-bond donors (Lipinski definition) is 2. The van der Waals surface area contributed by atoms with E-state index in [0.29, 0.717) is 29.9 Å². The molecule has 35 heavy (non-hydrogen) atoms. The standard InChI is InChI=1S/C25H29FN4O4S/c1-35(32,33)20-11-9-16(10-12-20)24-29-25(34-30-24)28-15-18-6-4-7-21(18)23(31)14-19(27)13-17-5-2-3-8-22(17)26/h2-3,5,8-12,18-19,21H,4,6-7,13-15,27H2,1H3,(H,28,29,30)/t18-,19+,21?/m0/s1. The van der Waals surface area contributed by atoms with E-state index in [1.165, 1.54) is 18.2 Å². The lowest BCUT2D eigenvalue weighted by Gasteiger charge is -2.20. The maximum atomic E-state index is 13.9. The number of benzene rings is 2. The Bertz CT molecular complexity index is 1280. The monoisotopic (exact) mass is 500 g/mol. The molecule has 0 spiro atoms. The normalized spacial score (nSPS) is 18.9. The Hall–Kier alpha value is -3.11. The van der Waals surface area contributed by atoms with Crippen molar-refractivity contribution in [3.8, 4) is 11.4 Å². The Balaban J connectivity index is 1.31. The van der Waals surface area contributed by atoms with Gasteiger partial charge in [0.25, 0.3) is 0 Å². The molecule has 1 saturated carbocycles. The lowest BCUT2D eigenvalue weighted by Crippen LogP contribution is -2.32. The van der Waals surface area contributed by atoms with Gasteiger partial charge in [-0.3, -0.25) is 4.79 Å². The van der Waals surface area contributed by atoms with Crippen molar-refractivity contribution in [3.05, 3.63) is 59.9 Å². The molecule has 186 valence electrons. The minimum Gasteiger partial charge on any atom is -0.337 e. The Labute approximate surface area is 204 Å². The molecule has 0 bridgehead atoms. The second-order valence-corrected chi connectivity index (χ2v) is 11.1. The zero-order valence-electron chi connectivity index (χ0n) is 19.5. The molecule has 1 aromatic heterocycles. The fourth-order valence-corrected chi connectivity index (χ4v) is 5.25. The van der Waals surface area contributed by atoms with Crippen molar-refractivity contribution in [2.75, 3.05) is 18.1 Å². The van der Waals surface area contributed by atoms with Gasteiger partial charge in [0.2, 0.25) is 5.82 Å². The van der Waals surface area contributed by atoms with Gasteiger partial charge in [-0.25, -0.2) is 12.8 Å². The Morgan fingerprint density at radius 2 is 1.94 bits per heavy atom. The highest BCUT2D eigenvalue weighted by Crippen LogP contribution is 2.34. The second kappa shape index (κ2) is 10.7. The average Bonchev–Trinajstić information content (AvgIpc) is 3.48. The highest BCUT2D eigenvalue weighted by atomic mass is 32.2. The first-order valence-corrected chi connectivity index (χ1v) is 13.5. The van der Waals surface area contributed by atoms with Crippen LogP contribution in [0.3, 0.4) is 0 Å². The van der Waals surface area contributed by atoms with Gasteiger partial charge in [-0.15, -0.1) is 0 Å². The summed E-state index contributed by atoms with van der Waals surface area (Å²) in [6, 6.07) is 12.5. The predicted molar refractivity (Wildman–Crippen MR) is 130 cm³/mol. The van der Waals surface area contributed by atoms with Crippen molar-refractivity contribution in [2.45, 2.75) is 43.0 Å². The van der Waals surface area contributed by atoms with Crippen LogP contribution < -0.4 is 11.1 Å². The lowest BCUT2D eigenvalue weighted by atomic mass is 9.87. The molecule has 4 rings (SSSR count). The van der Waals surface area contributed by atoms with Gasteiger partial charge < -0.3 is 15.6 Å². The third kappa shape index (κ3) is 6.32. The van der Waals surface area contributed by atoms with Crippen LogP contribution in [0.1, 0.15) is 31.2 Å². The molecule has 0 amide bonds. The van der Waals surface area contributed by atoms with Crippen LogP contribution in [0.2, 0.25) is 0 Å². The van der Waals surface area contributed by atoms with Crippen LogP contribution in [-0.2, 0) is 21.1 Å². The number of rotatable bonds is 10. The smallest absolute Gasteiger partial charge is 0.321 e. The molecule has 1 heterocycles. The molecule has 3 aromatic rings. The number of carbonyl (C=O) groups excluding carboxylic acids is 1. The summed E-state index contributed by atoms with van der Waals surface area (Å²) < 4.78 is 42.4. The van der Waals surface area contributed by atoms with E-state index in [0.717, 1.165) is 25.5 Å². The minimum atomic E-state index is -3.28. The molecule has 0 saturated heterocycles. The van der Waals surface area contributed by atoms with Crippen LogP contribution in [0.5, 0.6) is 0 Å². The lowest BCUT2D eigenvalue weighted by molar-refractivity contribution is -0.124. The van der Waals surface area contributed by atoms with Gasteiger partial charge in [-0.2, -0.15) is 4.98 Å². The zero-order valence-corrected chi connectivity index (χ0v) is 20.3. The summed E-state index contributed by atoms with van der Waals surface area (Å²) in [4.78, 5) is 17.5. The van der Waals surface area contributed by atoms with Crippen LogP contribution in [-0.4, -0.2) is 43.2 Å². The summed E-state index contributed by atoms with van der Waals surface area (Å²) in [5, 5.41) is 7.08. The number of nitrogens with zero attached hydrogens (tertiary/aromatic N) is 2. The quantitative estimate of drug-likeness (QED) is 0.432. The number of ketones is 1. The summed E-state index contributed by atoms with van der Waals surface area (Å²) >= 11 is 0. The molecule has 1 unspecified atom stereocenters. The Kier molecular flexibility index (Phi) is 7.61. The van der Waals surface area contributed by atoms with Crippen LogP contribution in [0.15, 0.2) is 57.9 Å². The summed E-state index contributed by atoms with van der Waals surface area (Å²) in [6.07, 6.45) is 4.34. The maximum Gasteiger partial charge on any atom is 0.321 e. The number of hydrogen-bond acceptors (Lipinski definition) is 8. The third-order valence-electron chi connectivity index (χ3n) is 6.46. The largest absolute Gasteiger partial charge is 0.337 e. The van der Waals surface area contributed by atoms with E-state index < -0.39 is 15.9 Å². The number of carbonyl (C=O) groups is 1. The SMILES string of the molecule is CS(=O)(=O)c1ccc(-c2noc(NC[C@@H]3CCCC3C(=O)C[C@H](N)Cc3ccccc3F)n2)cc1. The van der Waals surface area contributed by atoms with Crippen molar-refractivity contribution in [1.29, 1.82) is 0 Å². The Morgan fingerprint density at radius 1 is 1.20 bits per heavy atom. The van der Waals surface area contributed by atoms with Crippen LogP contribution in [0, 0.1) is 17.7 Å². The van der Waals surface area contributed by atoms with Gasteiger partial charge >= 0.3 is 6.01 Å². The number of nitrogens with one attached hydrogen (secondary N) is 1. The van der Waals surface area contributed by atoms with Crippen molar-refractivity contribution in [3.63, 3.8) is 0 Å². The molecule has 3 atom stereocenters. The number of nitrogens with two attached hydrogens (primary N) is 1. The van der Waals surface area contributed by atoms with Gasteiger partial charge in [-0.1, -0.05) is 29.8 Å². The minimum absolute atomic E-state index is 0.107. The van der Waals surface area contributed by atoms with Crippen molar-refractivity contribution >= 4 is 21.6 Å². The molecular formula is C25H29FN4O4S. The van der Waals surface area contributed by atoms with Gasteiger partial charge in [0.15, 0.2) is 9.84 Å². The van der Waals surface area contributed by atoms with Gasteiger partial charge in [0.1, 0.15) is 11.6 Å². The van der Waals surface area contributed by atoms with Gasteiger partial charge in [0.05, 0.1) is 4.90 Å². The summed E-state index contributed by atoms with van der Waals surface area (Å²) in [6.45, 7) is 0.508. The van der Waals surface area contributed by atoms with E-state index in [4.69, 9.17) is 10.3 Å². The summed E-state index contributed by atoms with van der Waals surface area (Å²) in [5.41, 5.74) is 7.33. The molecule has 10 heteroatoms. The first-order valence-electron chi connectivity index (χ1n) is 11.6. The van der Waals surface area contributed by atoms with E-state index in [-0.39, 0.29) is 40.8 Å². The number of sulfone groups is 1. The average molecular weight is 501 g/mol. The highest BCUT2D eigenvalue weighted by molar-refractivity contribution is 7.90. The predicted octanol–water partition coefficient (Wildman–Crippen LogP) is 3.64. The van der Waals surface area contributed by atoms with Gasteiger partial charge in [-0.05, 0) is 61.1 Å². The molecule has 2 aromatic carbocycles. The van der Waals surface area contributed by atoms with E-state index in [1.807, 2.05) is 0 Å². The molecule has 0 aliphatic heterocycles. The van der Waals surface area contributed by atoms with Crippen LogP contribution in [0.25, 0.3) is 11.4 Å². The van der Waals surface area contributed by atoms with E-state index in [9.17, 15) is 17.6 Å². The van der Waals surface area contributed by atoms with Crippen LogP contribution >= 0.6 is 0 Å². The molecule has 1 fully saturated rings. The zero-order chi connectivity index (χ0) is 25.0. The third-order valence-corrected chi connectivity index (χ3v) is 7.59.